The topological polar surface area (TPSA) is 59.6 Å². The van der Waals surface area contributed by atoms with Gasteiger partial charge in [0.15, 0.2) is 5.96 Å². The summed E-state index contributed by atoms with van der Waals surface area (Å²) in [6, 6.07) is 0. The summed E-state index contributed by atoms with van der Waals surface area (Å²) in [5, 5.41) is 2.97. The highest BCUT2D eigenvalue weighted by Crippen LogP contribution is 2.13. The van der Waals surface area contributed by atoms with Crippen molar-refractivity contribution in [2.24, 2.45) is 16.6 Å². The van der Waals surface area contributed by atoms with Crippen LogP contribution in [0.1, 0.15) is 19.8 Å². The van der Waals surface area contributed by atoms with E-state index in [1.54, 1.807) is 0 Å². The molecule has 0 aromatic carbocycles. The van der Waals surface area contributed by atoms with E-state index in [4.69, 9.17) is 10.5 Å². The van der Waals surface area contributed by atoms with Crippen LogP contribution in [-0.2, 0) is 4.74 Å². The zero-order valence-corrected chi connectivity index (χ0v) is 8.25. The molecule has 0 aromatic heterocycles. The maximum absolute atomic E-state index is 5.60. The Hall–Kier alpha value is -0.770. The molecule has 1 atom stereocenters. The Labute approximate surface area is 79.6 Å². The quantitative estimate of drug-likeness (QED) is 0.492. The molecule has 1 aliphatic rings. The van der Waals surface area contributed by atoms with Gasteiger partial charge in [-0.2, -0.15) is 0 Å². The minimum absolute atomic E-state index is 0.549. The zero-order chi connectivity index (χ0) is 9.52. The molecule has 76 valence electrons. The second-order valence-corrected chi connectivity index (χ2v) is 3.34. The Balaban J connectivity index is 2.19. The average Bonchev–Trinajstić information content (AvgIpc) is 2.17. The zero-order valence-electron chi connectivity index (χ0n) is 8.25. The standard InChI is InChI=1S/C9H19N3O/c1-2-11-9(10)12-6-8-4-3-5-13-7-8/h8H,2-7H2,1H3,(H3,10,11,12). The lowest BCUT2D eigenvalue weighted by Gasteiger charge is -2.20. The molecule has 0 spiro atoms. The first-order valence-electron chi connectivity index (χ1n) is 4.94. The van der Waals surface area contributed by atoms with Crippen LogP contribution in [0.15, 0.2) is 4.99 Å². The molecule has 0 amide bonds. The largest absolute Gasteiger partial charge is 0.381 e. The van der Waals surface area contributed by atoms with Gasteiger partial charge in [0, 0.05) is 25.6 Å². The SMILES string of the molecule is CCNC(N)=NCC1CCCOC1. The summed E-state index contributed by atoms with van der Waals surface area (Å²) in [5.41, 5.74) is 5.60. The predicted molar refractivity (Wildman–Crippen MR) is 53.7 cm³/mol. The summed E-state index contributed by atoms with van der Waals surface area (Å²) >= 11 is 0. The van der Waals surface area contributed by atoms with Crippen molar-refractivity contribution in [3.63, 3.8) is 0 Å². The molecule has 1 fully saturated rings. The summed E-state index contributed by atoms with van der Waals surface area (Å²) in [4.78, 5) is 4.24. The summed E-state index contributed by atoms with van der Waals surface area (Å²) in [6.07, 6.45) is 2.37. The van der Waals surface area contributed by atoms with Crippen LogP contribution in [0.25, 0.3) is 0 Å². The Morgan fingerprint density at radius 2 is 2.54 bits per heavy atom. The molecular formula is C9H19N3O. The molecule has 4 heteroatoms. The highest BCUT2D eigenvalue weighted by molar-refractivity contribution is 5.77. The van der Waals surface area contributed by atoms with Crippen molar-refractivity contribution < 1.29 is 4.74 Å². The number of aliphatic imine (C=N–C) groups is 1. The van der Waals surface area contributed by atoms with Crippen LogP contribution in [0, 0.1) is 5.92 Å². The maximum atomic E-state index is 5.60. The molecule has 1 aliphatic heterocycles. The van der Waals surface area contributed by atoms with Crippen molar-refractivity contribution >= 4 is 5.96 Å². The van der Waals surface area contributed by atoms with Gasteiger partial charge >= 0.3 is 0 Å². The van der Waals surface area contributed by atoms with E-state index in [1.165, 1.54) is 6.42 Å². The Morgan fingerprint density at radius 3 is 3.15 bits per heavy atom. The van der Waals surface area contributed by atoms with E-state index in [1.807, 2.05) is 6.92 Å². The Bertz CT molecular complexity index is 164. The molecule has 0 aromatic rings. The number of nitrogens with one attached hydrogen (secondary N) is 1. The monoisotopic (exact) mass is 185 g/mol. The summed E-state index contributed by atoms with van der Waals surface area (Å²) in [6.45, 7) is 5.37. The predicted octanol–water partition coefficient (Wildman–Crippen LogP) is 0.337. The Kier molecular flexibility index (Phi) is 4.60. The van der Waals surface area contributed by atoms with Gasteiger partial charge in [0.1, 0.15) is 0 Å². The molecule has 1 heterocycles. The van der Waals surface area contributed by atoms with Crippen molar-refractivity contribution in [3.8, 4) is 0 Å². The van der Waals surface area contributed by atoms with Gasteiger partial charge < -0.3 is 15.8 Å². The summed E-state index contributed by atoms with van der Waals surface area (Å²) in [5.74, 6) is 1.11. The van der Waals surface area contributed by atoms with Crippen LogP contribution in [-0.4, -0.2) is 32.3 Å². The van der Waals surface area contributed by atoms with Gasteiger partial charge in [-0.1, -0.05) is 0 Å². The van der Waals surface area contributed by atoms with Gasteiger partial charge in [-0.05, 0) is 19.8 Å². The molecule has 1 saturated heterocycles. The molecule has 3 N–H and O–H groups in total. The number of nitrogens with zero attached hydrogens (tertiary/aromatic N) is 1. The number of guanidine groups is 1. The van der Waals surface area contributed by atoms with Crippen molar-refractivity contribution in [2.75, 3.05) is 26.3 Å². The minimum Gasteiger partial charge on any atom is -0.381 e. The van der Waals surface area contributed by atoms with Crippen LogP contribution in [0.3, 0.4) is 0 Å². The molecular weight excluding hydrogens is 166 g/mol. The molecule has 1 rings (SSSR count). The molecule has 0 bridgehead atoms. The summed E-state index contributed by atoms with van der Waals surface area (Å²) in [7, 11) is 0. The highest BCUT2D eigenvalue weighted by atomic mass is 16.5. The lowest BCUT2D eigenvalue weighted by molar-refractivity contribution is 0.0582. The van der Waals surface area contributed by atoms with Crippen molar-refractivity contribution in [1.29, 1.82) is 0 Å². The van der Waals surface area contributed by atoms with E-state index in [9.17, 15) is 0 Å². The first-order valence-corrected chi connectivity index (χ1v) is 4.94. The van der Waals surface area contributed by atoms with E-state index in [2.05, 4.69) is 10.3 Å². The molecule has 13 heavy (non-hydrogen) atoms. The van der Waals surface area contributed by atoms with E-state index in [0.29, 0.717) is 11.9 Å². The third-order valence-electron chi connectivity index (χ3n) is 2.13. The molecule has 4 nitrogen and oxygen atoms in total. The van der Waals surface area contributed by atoms with Crippen LogP contribution in [0.5, 0.6) is 0 Å². The Morgan fingerprint density at radius 1 is 1.69 bits per heavy atom. The third kappa shape index (κ3) is 4.12. The highest BCUT2D eigenvalue weighted by Gasteiger charge is 2.12. The lowest BCUT2D eigenvalue weighted by atomic mass is 10.0. The van der Waals surface area contributed by atoms with Crippen LogP contribution in [0.2, 0.25) is 0 Å². The number of ether oxygens (including phenoxy) is 1. The molecule has 0 aliphatic carbocycles. The van der Waals surface area contributed by atoms with Crippen LogP contribution >= 0.6 is 0 Å². The lowest BCUT2D eigenvalue weighted by Crippen LogP contribution is -2.32. The van der Waals surface area contributed by atoms with E-state index < -0.39 is 0 Å². The van der Waals surface area contributed by atoms with Crippen molar-refractivity contribution in [1.82, 2.24) is 5.32 Å². The fourth-order valence-electron chi connectivity index (χ4n) is 1.42. The minimum atomic E-state index is 0.549. The van der Waals surface area contributed by atoms with Crippen LogP contribution in [0.4, 0.5) is 0 Å². The van der Waals surface area contributed by atoms with Crippen molar-refractivity contribution in [3.05, 3.63) is 0 Å². The second kappa shape index (κ2) is 5.80. The molecule has 0 saturated carbocycles. The normalized spacial score (nSPS) is 24.4. The van der Waals surface area contributed by atoms with Gasteiger partial charge in [-0.3, -0.25) is 4.99 Å². The van der Waals surface area contributed by atoms with E-state index in [0.717, 1.165) is 32.7 Å². The number of hydrogen-bond donors (Lipinski definition) is 2. The average molecular weight is 185 g/mol. The first kappa shape index (κ1) is 10.3. The fourth-order valence-corrected chi connectivity index (χ4v) is 1.42. The van der Waals surface area contributed by atoms with Gasteiger partial charge in [0.2, 0.25) is 0 Å². The third-order valence-corrected chi connectivity index (χ3v) is 2.13. The number of rotatable bonds is 3. The van der Waals surface area contributed by atoms with E-state index >= 15 is 0 Å². The van der Waals surface area contributed by atoms with Crippen molar-refractivity contribution in [2.45, 2.75) is 19.8 Å². The second-order valence-electron chi connectivity index (χ2n) is 3.34. The van der Waals surface area contributed by atoms with Gasteiger partial charge in [0.25, 0.3) is 0 Å². The van der Waals surface area contributed by atoms with E-state index in [-0.39, 0.29) is 0 Å². The first-order chi connectivity index (χ1) is 6.33. The fraction of sp³-hybridized carbons (Fsp3) is 0.889. The maximum Gasteiger partial charge on any atom is 0.188 e. The smallest absolute Gasteiger partial charge is 0.188 e. The molecule has 0 radical (unpaired) electrons. The summed E-state index contributed by atoms with van der Waals surface area (Å²) < 4.78 is 5.34. The molecule has 1 unspecified atom stereocenters. The number of hydrogen-bond acceptors (Lipinski definition) is 2. The number of nitrogens with two attached hydrogens (primary N) is 1. The van der Waals surface area contributed by atoms with Crippen LogP contribution < -0.4 is 11.1 Å². The van der Waals surface area contributed by atoms with Gasteiger partial charge in [-0.25, -0.2) is 0 Å². The van der Waals surface area contributed by atoms with Gasteiger partial charge in [-0.15, -0.1) is 0 Å². The van der Waals surface area contributed by atoms with Gasteiger partial charge in [0.05, 0.1) is 6.61 Å².